The van der Waals surface area contributed by atoms with Gasteiger partial charge in [0.05, 0.1) is 12.9 Å². The standard InChI is InChI=1S/C21H25N6O7P/c1-3-22-21(28)26-17-14-18(24-10-23-17)27(11-25-14)19-16-15(13(32-19)9-31-35(2,29)30)33-20(34-16)12-7-5-4-6-8-12/h4-8,10-11,13,15-16,19-20H,3,9H2,1-2H3,(H,29,30)(H2,22,23,24,26,28)/t13-,15?,16+,19-,20+/m1/s1. The molecule has 2 aliphatic rings. The van der Waals surface area contributed by atoms with Gasteiger partial charge in [-0.15, -0.1) is 0 Å². The first kappa shape index (κ1) is 23.8. The van der Waals surface area contributed by atoms with Crippen LogP contribution in [0.5, 0.6) is 0 Å². The van der Waals surface area contributed by atoms with Crippen LogP contribution in [0.15, 0.2) is 43.0 Å². The average molecular weight is 504 g/mol. The highest BCUT2D eigenvalue weighted by atomic mass is 31.2. The number of amides is 2. The van der Waals surface area contributed by atoms with Gasteiger partial charge in [-0.25, -0.2) is 19.7 Å². The van der Waals surface area contributed by atoms with Gasteiger partial charge in [-0.2, -0.15) is 0 Å². The molecule has 2 fully saturated rings. The molecule has 2 aromatic heterocycles. The third-order valence-electron chi connectivity index (χ3n) is 5.60. The van der Waals surface area contributed by atoms with Gasteiger partial charge in [0, 0.05) is 18.8 Å². The van der Waals surface area contributed by atoms with Gasteiger partial charge in [0.25, 0.3) is 0 Å². The minimum atomic E-state index is -3.74. The van der Waals surface area contributed by atoms with Crippen LogP contribution < -0.4 is 10.6 Å². The Morgan fingerprint density at radius 3 is 2.69 bits per heavy atom. The van der Waals surface area contributed by atoms with Crippen LogP contribution in [0.1, 0.15) is 25.0 Å². The molecule has 6 atom stereocenters. The number of anilines is 1. The molecular weight excluding hydrogens is 479 g/mol. The summed E-state index contributed by atoms with van der Waals surface area (Å²) in [5.41, 5.74) is 1.60. The van der Waals surface area contributed by atoms with Crippen molar-refractivity contribution in [2.45, 2.75) is 37.8 Å². The van der Waals surface area contributed by atoms with Crippen molar-refractivity contribution in [2.75, 3.05) is 25.1 Å². The zero-order valence-corrected chi connectivity index (χ0v) is 19.9. The van der Waals surface area contributed by atoms with Gasteiger partial charge >= 0.3 is 13.6 Å². The number of ether oxygens (including phenoxy) is 3. The van der Waals surface area contributed by atoms with E-state index in [0.717, 1.165) is 12.2 Å². The number of fused-ring (bicyclic) bond motifs is 2. The van der Waals surface area contributed by atoms with Crippen LogP contribution in [0.25, 0.3) is 11.2 Å². The normalized spacial score (nSPS) is 27.5. The molecule has 0 bridgehead atoms. The number of nitrogens with one attached hydrogen (secondary N) is 2. The van der Waals surface area contributed by atoms with Crippen molar-refractivity contribution in [1.82, 2.24) is 24.8 Å². The van der Waals surface area contributed by atoms with Gasteiger partial charge < -0.3 is 28.9 Å². The Bertz CT molecular complexity index is 1250. The number of carbonyl (C=O) groups excluding carboxylic acids is 1. The second-order valence-electron chi connectivity index (χ2n) is 8.14. The Morgan fingerprint density at radius 1 is 1.17 bits per heavy atom. The SMILES string of the molecule is CCNC(=O)Nc1ncnc2c1ncn2[C@@H]1O[C@H](COP(C)(=O)O)C2O[C@H](c3ccccc3)O[C@@H]21. The summed E-state index contributed by atoms with van der Waals surface area (Å²) >= 11 is 0. The molecule has 0 aliphatic carbocycles. The van der Waals surface area contributed by atoms with E-state index < -0.39 is 44.5 Å². The van der Waals surface area contributed by atoms with Gasteiger partial charge in [0.1, 0.15) is 24.6 Å². The molecule has 2 saturated heterocycles. The number of nitrogens with zero attached hydrogens (tertiary/aromatic N) is 4. The zero-order chi connectivity index (χ0) is 24.6. The van der Waals surface area contributed by atoms with Gasteiger partial charge in [-0.3, -0.25) is 14.4 Å². The smallest absolute Gasteiger partial charge is 0.325 e. The fourth-order valence-electron chi connectivity index (χ4n) is 4.11. The molecule has 0 saturated carbocycles. The quantitative estimate of drug-likeness (QED) is 0.407. The van der Waals surface area contributed by atoms with Crippen LogP contribution in [0.3, 0.4) is 0 Å². The average Bonchev–Trinajstić information content (AvgIpc) is 3.52. The predicted molar refractivity (Wildman–Crippen MR) is 123 cm³/mol. The van der Waals surface area contributed by atoms with E-state index in [4.69, 9.17) is 18.7 Å². The largest absolute Gasteiger partial charge is 0.347 e. The topological polar surface area (TPSA) is 159 Å². The molecule has 186 valence electrons. The summed E-state index contributed by atoms with van der Waals surface area (Å²) in [7, 11) is -3.74. The van der Waals surface area contributed by atoms with E-state index in [1.54, 1.807) is 11.5 Å². The number of urea groups is 1. The lowest BCUT2D eigenvalue weighted by atomic mass is 10.1. The number of carbonyl (C=O) groups is 1. The van der Waals surface area contributed by atoms with Gasteiger partial charge in [-0.05, 0) is 6.92 Å². The van der Waals surface area contributed by atoms with E-state index in [2.05, 4.69) is 25.6 Å². The molecule has 0 spiro atoms. The maximum atomic E-state index is 12.0. The second-order valence-corrected chi connectivity index (χ2v) is 10.0. The van der Waals surface area contributed by atoms with Crippen molar-refractivity contribution in [3.05, 3.63) is 48.5 Å². The first-order valence-corrected chi connectivity index (χ1v) is 13.0. The number of hydrogen-bond acceptors (Lipinski definition) is 9. The highest BCUT2D eigenvalue weighted by Gasteiger charge is 2.54. The summed E-state index contributed by atoms with van der Waals surface area (Å²) in [6, 6.07) is 9.02. The molecule has 0 radical (unpaired) electrons. The van der Waals surface area contributed by atoms with Crippen LogP contribution in [0.4, 0.5) is 10.6 Å². The van der Waals surface area contributed by atoms with Gasteiger partial charge in [0.15, 0.2) is 29.5 Å². The minimum absolute atomic E-state index is 0.168. The van der Waals surface area contributed by atoms with Crippen molar-refractivity contribution in [1.29, 1.82) is 0 Å². The van der Waals surface area contributed by atoms with Crippen molar-refractivity contribution >= 4 is 30.6 Å². The summed E-state index contributed by atoms with van der Waals surface area (Å²) in [5, 5.41) is 5.30. The van der Waals surface area contributed by atoms with E-state index in [-0.39, 0.29) is 12.4 Å². The highest BCUT2D eigenvalue weighted by molar-refractivity contribution is 7.51. The van der Waals surface area contributed by atoms with Crippen LogP contribution in [0, 0.1) is 0 Å². The third kappa shape index (κ3) is 4.92. The fraction of sp³-hybridized carbons (Fsp3) is 0.429. The lowest BCUT2D eigenvalue weighted by Crippen LogP contribution is -2.31. The summed E-state index contributed by atoms with van der Waals surface area (Å²) in [6.45, 7) is 3.20. The van der Waals surface area contributed by atoms with E-state index in [1.165, 1.54) is 12.7 Å². The number of hydrogen-bond donors (Lipinski definition) is 3. The molecule has 2 unspecified atom stereocenters. The van der Waals surface area contributed by atoms with Gasteiger partial charge in [0.2, 0.25) is 0 Å². The van der Waals surface area contributed by atoms with Crippen molar-refractivity contribution in [2.24, 2.45) is 0 Å². The third-order valence-corrected chi connectivity index (χ3v) is 6.23. The first-order valence-electron chi connectivity index (χ1n) is 11.0. The first-order chi connectivity index (χ1) is 16.8. The van der Waals surface area contributed by atoms with Crippen LogP contribution >= 0.6 is 7.60 Å². The highest BCUT2D eigenvalue weighted by Crippen LogP contribution is 2.46. The van der Waals surface area contributed by atoms with Gasteiger partial charge in [-0.1, -0.05) is 30.3 Å². The Morgan fingerprint density at radius 2 is 1.94 bits per heavy atom. The Kier molecular flexibility index (Phi) is 6.53. The molecule has 5 rings (SSSR count). The monoisotopic (exact) mass is 504 g/mol. The molecule has 14 heteroatoms. The molecule has 2 amide bonds. The minimum Gasteiger partial charge on any atom is -0.347 e. The molecule has 1 aromatic carbocycles. The Hall–Kier alpha value is -2.93. The molecule has 4 heterocycles. The molecular formula is C21H25N6O7P. The summed E-state index contributed by atoms with van der Waals surface area (Å²) in [4.78, 5) is 34.4. The predicted octanol–water partition coefficient (Wildman–Crippen LogP) is 2.18. The summed E-state index contributed by atoms with van der Waals surface area (Å²) in [5.74, 6) is 0.243. The Balaban J connectivity index is 1.45. The number of rotatable bonds is 7. The molecule has 3 aromatic rings. The van der Waals surface area contributed by atoms with Crippen molar-refractivity contribution < 1.29 is 33.0 Å². The maximum Gasteiger partial charge on any atom is 0.325 e. The lowest BCUT2D eigenvalue weighted by Gasteiger charge is -2.21. The Labute approximate surface area is 200 Å². The molecule has 3 N–H and O–H groups in total. The molecule has 35 heavy (non-hydrogen) atoms. The van der Waals surface area contributed by atoms with E-state index in [0.29, 0.717) is 17.7 Å². The van der Waals surface area contributed by atoms with E-state index in [9.17, 15) is 14.3 Å². The lowest BCUT2D eigenvalue weighted by molar-refractivity contribution is -0.152. The maximum absolute atomic E-state index is 12.0. The van der Waals surface area contributed by atoms with Crippen molar-refractivity contribution in [3.63, 3.8) is 0 Å². The fourth-order valence-corrected chi connectivity index (χ4v) is 4.54. The zero-order valence-electron chi connectivity index (χ0n) is 19.0. The molecule has 13 nitrogen and oxygen atoms in total. The van der Waals surface area contributed by atoms with Crippen LogP contribution in [0.2, 0.25) is 0 Å². The van der Waals surface area contributed by atoms with Crippen LogP contribution in [-0.4, -0.2) is 68.6 Å². The van der Waals surface area contributed by atoms with E-state index >= 15 is 0 Å². The van der Waals surface area contributed by atoms with Crippen LogP contribution in [-0.2, 0) is 23.3 Å². The number of aromatic nitrogens is 4. The molecule has 2 aliphatic heterocycles. The summed E-state index contributed by atoms with van der Waals surface area (Å²) < 4.78 is 37.1. The van der Waals surface area contributed by atoms with E-state index in [1.807, 2.05) is 30.3 Å². The second kappa shape index (κ2) is 9.61. The number of benzene rings is 1. The van der Waals surface area contributed by atoms with Crippen molar-refractivity contribution in [3.8, 4) is 0 Å². The summed E-state index contributed by atoms with van der Waals surface area (Å²) in [6.07, 6.45) is -0.404. The number of imidazole rings is 1.